The van der Waals surface area contributed by atoms with Crippen molar-refractivity contribution in [1.82, 2.24) is 5.32 Å². The number of hydrogen-bond acceptors (Lipinski definition) is 5. The smallest absolute Gasteiger partial charge is 0.269 e. The summed E-state index contributed by atoms with van der Waals surface area (Å²) in [6.07, 6.45) is 5.10. The number of amides is 2. The van der Waals surface area contributed by atoms with E-state index in [1.807, 2.05) is 5.38 Å². The van der Waals surface area contributed by atoms with Crippen molar-refractivity contribution in [3.63, 3.8) is 0 Å². The van der Waals surface area contributed by atoms with Crippen LogP contribution in [0.2, 0.25) is 0 Å². The van der Waals surface area contributed by atoms with Gasteiger partial charge in [-0.3, -0.25) is 14.5 Å². The third kappa shape index (κ3) is 5.17. The van der Waals surface area contributed by atoms with Gasteiger partial charge >= 0.3 is 0 Å². The Balaban J connectivity index is 1.59. The topological polar surface area (TPSA) is 67.9 Å². The third-order valence-corrected chi connectivity index (χ3v) is 7.26. The van der Waals surface area contributed by atoms with Crippen molar-refractivity contribution >= 4 is 28.8 Å². The van der Waals surface area contributed by atoms with Gasteiger partial charge in [0.2, 0.25) is 5.91 Å². The fraction of sp³-hybridized carbons (Fsp3) is 0.333. The first-order chi connectivity index (χ1) is 17.1. The largest absolute Gasteiger partial charge is 0.486 e. The third-order valence-electron chi connectivity index (χ3n) is 6.40. The lowest BCUT2D eigenvalue weighted by atomic mass is 9.94. The van der Waals surface area contributed by atoms with Gasteiger partial charge in [-0.15, -0.1) is 11.3 Å². The Morgan fingerprint density at radius 1 is 0.971 bits per heavy atom. The van der Waals surface area contributed by atoms with Crippen LogP contribution in [0, 0.1) is 5.82 Å². The summed E-state index contributed by atoms with van der Waals surface area (Å²) >= 11 is 1.31. The Morgan fingerprint density at radius 2 is 1.71 bits per heavy atom. The van der Waals surface area contributed by atoms with Gasteiger partial charge in [-0.05, 0) is 54.1 Å². The van der Waals surface area contributed by atoms with E-state index in [0.717, 1.165) is 32.1 Å². The maximum atomic E-state index is 13.9. The van der Waals surface area contributed by atoms with Crippen LogP contribution in [-0.2, 0) is 4.79 Å². The molecule has 182 valence electrons. The van der Waals surface area contributed by atoms with Crippen LogP contribution in [0.1, 0.15) is 53.4 Å². The van der Waals surface area contributed by atoms with Crippen LogP contribution in [0.3, 0.4) is 0 Å². The van der Waals surface area contributed by atoms with E-state index < -0.39 is 11.9 Å². The molecule has 1 aromatic heterocycles. The van der Waals surface area contributed by atoms with Crippen molar-refractivity contribution in [2.24, 2.45) is 0 Å². The molecule has 1 aliphatic heterocycles. The first-order valence-electron chi connectivity index (χ1n) is 11.9. The highest BCUT2D eigenvalue weighted by atomic mass is 32.1. The number of nitrogens with zero attached hydrogens (tertiary/aromatic N) is 1. The molecule has 8 heteroatoms. The molecule has 6 nitrogen and oxygen atoms in total. The lowest BCUT2D eigenvalue weighted by Gasteiger charge is -2.33. The van der Waals surface area contributed by atoms with Gasteiger partial charge in [0.15, 0.2) is 11.5 Å². The average Bonchev–Trinajstić information content (AvgIpc) is 3.43. The molecule has 0 bridgehead atoms. The minimum absolute atomic E-state index is 0.0538. The Labute approximate surface area is 207 Å². The van der Waals surface area contributed by atoms with Gasteiger partial charge in [0.05, 0.1) is 4.88 Å². The summed E-state index contributed by atoms with van der Waals surface area (Å²) in [7, 11) is 0. The van der Waals surface area contributed by atoms with Gasteiger partial charge in [-0.2, -0.15) is 0 Å². The molecular weight excluding hydrogens is 467 g/mol. The van der Waals surface area contributed by atoms with Crippen LogP contribution in [0.25, 0.3) is 0 Å². The molecule has 2 aromatic carbocycles. The molecule has 2 heterocycles. The number of hydrogen-bond donors (Lipinski definition) is 1. The number of benzene rings is 2. The number of halogens is 1. The SMILES string of the molecule is O=C(NC1CCCCC1)[C@@H](c1ccc(F)cc1)N(C(=O)c1cccs1)c1ccc2c(c1)OCCO2. The van der Waals surface area contributed by atoms with Crippen molar-refractivity contribution in [3.8, 4) is 11.5 Å². The Bertz CT molecular complexity index is 1180. The molecule has 0 radical (unpaired) electrons. The fourth-order valence-corrected chi connectivity index (χ4v) is 5.33. The molecule has 1 fully saturated rings. The molecule has 5 rings (SSSR count). The Kier molecular flexibility index (Phi) is 6.99. The van der Waals surface area contributed by atoms with E-state index in [4.69, 9.17) is 9.47 Å². The highest BCUT2D eigenvalue weighted by Crippen LogP contribution is 2.38. The standard InChI is InChI=1S/C27H27FN2O4S/c28-19-10-8-18(9-11-19)25(26(31)29-20-5-2-1-3-6-20)30(27(32)24-7-4-16-35-24)21-12-13-22-23(17-21)34-15-14-33-22/h4,7-13,16-17,20,25H,1-3,5-6,14-15H2,(H,29,31)/t25-/m1/s1. The molecule has 1 atom stereocenters. The Hall–Kier alpha value is -3.39. The number of carbonyl (C=O) groups excluding carboxylic acids is 2. The van der Waals surface area contributed by atoms with Crippen molar-refractivity contribution in [1.29, 1.82) is 0 Å². The summed E-state index contributed by atoms with van der Waals surface area (Å²) in [6.45, 7) is 0.852. The normalized spacial score (nSPS) is 16.4. The summed E-state index contributed by atoms with van der Waals surface area (Å²) in [4.78, 5) is 29.7. The number of thiophene rings is 1. The van der Waals surface area contributed by atoms with Gasteiger partial charge in [-0.25, -0.2) is 4.39 Å². The molecule has 1 saturated carbocycles. The number of nitrogens with one attached hydrogen (secondary N) is 1. The molecule has 1 aliphatic carbocycles. The average molecular weight is 495 g/mol. The Morgan fingerprint density at radius 3 is 2.43 bits per heavy atom. The summed E-state index contributed by atoms with van der Waals surface area (Å²) in [5.74, 6) is 0.0977. The zero-order valence-electron chi connectivity index (χ0n) is 19.2. The molecule has 3 aromatic rings. The van der Waals surface area contributed by atoms with Crippen LogP contribution < -0.4 is 19.7 Å². The number of rotatable bonds is 6. The second-order valence-electron chi connectivity index (χ2n) is 8.78. The van der Waals surface area contributed by atoms with E-state index >= 15 is 0 Å². The zero-order valence-corrected chi connectivity index (χ0v) is 20.1. The van der Waals surface area contributed by atoms with Gasteiger partial charge in [-0.1, -0.05) is 37.5 Å². The van der Waals surface area contributed by atoms with Crippen LogP contribution in [0.4, 0.5) is 10.1 Å². The predicted molar refractivity (Wildman–Crippen MR) is 133 cm³/mol. The molecular formula is C27H27FN2O4S. The van der Waals surface area contributed by atoms with Crippen molar-refractivity contribution < 1.29 is 23.5 Å². The second-order valence-corrected chi connectivity index (χ2v) is 9.73. The molecule has 0 spiro atoms. The summed E-state index contributed by atoms with van der Waals surface area (Å²) in [5, 5.41) is 4.99. The predicted octanol–water partition coefficient (Wildman–Crippen LogP) is 5.50. The van der Waals surface area contributed by atoms with Gasteiger partial charge in [0, 0.05) is 17.8 Å². The second kappa shape index (κ2) is 10.5. The van der Waals surface area contributed by atoms with Gasteiger partial charge in [0.1, 0.15) is 25.1 Å². The van der Waals surface area contributed by atoms with E-state index in [2.05, 4.69) is 5.32 Å². The minimum Gasteiger partial charge on any atom is -0.486 e. The molecule has 1 N–H and O–H groups in total. The first-order valence-corrected chi connectivity index (χ1v) is 12.8. The van der Waals surface area contributed by atoms with E-state index in [1.165, 1.54) is 28.4 Å². The molecule has 0 unspecified atom stereocenters. The lowest BCUT2D eigenvalue weighted by Crippen LogP contribution is -2.47. The highest BCUT2D eigenvalue weighted by Gasteiger charge is 2.35. The maximum Gasteiger partial charge on any atom is 0.269 e. The number of carbonyl (C=O) groups is 2. The van der Waals surface area contributed by atoms with Crippen LogP contribution in [0.15, 0.2) is 60.0 Å². The summed E-state index contributed by atoms with van der Waals surface area (Å²) in [6, 6.07) is 13.6. The number of ether oxygens (including phenoxy) is 2. The fourth-order valence-electron chi connectivity index (χ4n) is 4.67. The number of fused-ring (bicyclic) bond motifs is 1. The lowest BCUT2D eigenvalue weighted by molar-refractivity contribution is -0.123. The van der Waals surface area contributed by atoms with Crippen LogP contribution >= 0.6 is 11.3 Å². The maximum absolute atomic E-state index is 13.9. The highest BCUT2D eigenvalue weighted by molar-refractivity contribution is 7.12. The van der Waals surface area contributed by atoms with E-state index in [-0.39, 0.29) is 17.9 Å². The van der Waals surface area contributed by atoms with Crippen LogP contribution in [-0.4, -0.2) is 31.1 Å². The van der Waals surface area contributed by atoms with Gasteiger partial charge in [0.25, 0.3) is 5.91 Å². The summed E-state index contributed by atoms with van der Waals surface area (Å²) < 4.78 is 25.2. The minimum atomic E-state index is -0.991. The molecule has 2 aliphatic rings. The van der Waals surface area contributed by atoms with Crippen LogP contribution in [0.5, 0.6) is 11.5 Å². The van der Waals surface area contributed by atoms with Crippen molar-refractivity contribution in [2.75, 3.05) is 18.1 Å². The van der Waals surface area contributed by atoms with E-state index in [0.29, 0.717) is 40.8 Å². The van der Waals surface area contributed by atoms with E-state index in [9.17, 15) is 14.0 Å². The monoisotopic (exact) mass is 494 g/mol. The van der Waals surface area contributed by atoms with Crippen molar-refractivity contribution in [2.45, 2.75) is 44.2 Å². The quantitative estimate of drug-likeness (QED) is 0.492. The van der Waals surface area contributed by atoms with E-state index in [1.54, 1.807) is 42.5 Å². The summed E-state index contributed by atoms with van der Waals surface area (Å²) in [5.41, 5.74) is 1.03. The zero-order chi connectivity index (χ0) is 24.2. The first kappa shape index (κ1) is 23.4. The molecule has 2 amide bonds. The molecule has 35 heavy (non-hydrogen) atoms. The van der Waals surface area contributed by atoms with Gasteiger partial charge < -0.3 is 14.8 Å². The molecule has 0 saturated heterocycles. The number of anilines is 1. The van der Waals surface area contributed by atoms with Crippen molar-refractivity contribution in [3.05, 3.63) is 76.2 Å².